The quantitative estimate of drug-likeness (QED) is 0.793. The number of imide groups is 1. The molecule has 1 saturated heterocycles. The van der Waals surface area contributed by atoms with Crippen LogP contribution in [0.15, 0.2) is 18.2 Å². The van der Waals surface area contributed by atoms with Gasteiger partial charge in [-0.2, -0.15) is 0 Å². The van der Waals surface area contributed by atoms with Crippen LogP contribution in [-0.2, 0) is 15.1 Å². The number of urea groups is 1. The van der Waals surface area contributed by atoms with Crippen LogP contribution in [0.2, 0.25) is 10.0 Å². The summed E-state index contributed by atoms with van der Waals surface area (Å²) in [5, 5.41) is 5.92. The fourth-order valence-corrected chi connectivity index (χ4v) is 2.98. The van der Waals surface area contributed by atoms with Crippen molar-refractivity contribution in [1.82, 2.24) is 15.5 Å². The largest absolute Gasteiger partial charge is 0.355 e. The van der Waals surface area contributed by atoms with E-state index in [1.165, 1.54) is 6.07 Å². The number of benzene rings is 1. The molecule has 1 aliphatic rings. The van der Waals surface area contributed by atoms with E-state index in [4.69, 9.17) is 23.2 Å². The lowest BCUT2D eigenvalue weighted by Gasteiger charge is -2.23. The van der Waals surface area contributed by atoms with E-state index in [-0.39, 0.29) is 17.5 Å². The summed E-state index contributed by atoms with van der Waals surface area (Å²) in [4.78, 5) is 37.4. The van der Waals surface area contributed by atoms with Gasteiger partial charge >= 0.3 is 6.03 Å². The molecule has 0 bridgehead atoms. The standard InChI is InChI=1S/C15H17Cl2N3O3/c1-3-6-18-12(21)8-20-13(22)15(2,19-14(20)23)10-5-4-9(16)7-11(10)17/h4-5,7H,3,6,8H2,1-2H3,(H,18,21)(H,19,23). The second kappa shape index (κ2) is 6.76. The van der Waals surface area contributed by atoms with Gasteiger partial charge in [0.1, 0.15) is 12.1 Å². The lowest BCUT2D eigenvalue weighted by molar-refractivity contribution is -0.134. The number of hydrogen-bond acceptors (Lipinski definition) is 3. The highest BCUT2D eigenvalue weighted by Gasteiger charge is 2.50. The first-order valence-corrected chi connectivity index (χ1v) is 7.91. The first kappa shape index (κ1) is 17.6. The zero-order chi connectivity index (χ0) is 17.2. The molecule has 0 spiro atoms. The van der Waals surface area contributed by atoms with Gasteiger partial charge in [-0.1, -0.05) is 36.2 Å². The van der Waals surface area contributed by atoms with Gasteiger partial charge in [-0.15, -0.1) is 0 Å². The Morgan fingerprint density at radius 2 is 2.04 bits per heavy atom. The van der Waals surface area contributed by atoms with Crippen LogP contribution >= 0.6 is 23.2 Å². The summed E-state index contributed by atoms with van der Waals surface area (Å²) in [6.07, 6.45) is 0.768. The molecular weight excluding hydrogens is 341 g/mol. The monoisotopic (exact) mass is 357 g/mol. The molecule has 0 aliphatic carbocycles. The van der Waals surface area contributed by atoms with Crippen LogP contribution in [0.25, 0.3) is 0 Å². The molecule has 4 amide bonds. The SMILES string of the molecule is CCCNC(=O)CN1C(=O)NC(C)(c2ccc(Cl)cc2Cl)C1=O. The van der Waals surface area contributed by atoms with Crippen LogP contribution in [0.4, 0.5) is 4.79 Å². The molecule has 124 valence electrons. The van der Waals surface area contributed by atoms with Gasteiger partial charge in [-0.05, 0) is 25.5 Å². The predicted octanol–water partition coefficient (Wildman–Crippen LogP) is 2.29. The molecule has 1 atom stereocenters. The minimum atomic E-state index is -1.33. The molecule has 2 N–H and O–H groups in total. The van der Waals surface area contributed by atoms with E-state index >= 15 is 0 Å². The smallest absolute Gasteiger partial charge is 0.325 e. The molecule has 1 unspecified atom stereocenters. The normalized spacial score (nSPS) is 20.6. The Hall–Kier alpha value is -1.79. The zero-order valence-electron chi connectivity index (χ0n) is 12.8. The van der Waals surface area contributed by atoms with Crippen molar-refractivity contribution < 1.29 is 14.4 Å². The number of hydrogen-bond donors (Lipinski definition) is 2. The van der Waals surface area contributed by atoms with E-state index in [2.05, 4.69) is 10.6 Å². The Morgan fingerprint density at radius 1 is 1.35 bits per heavy atom. The molecule has 1 aromatic rings. The number of halogens is 2. The van der Waals surface area contributed by atoms with Gasteiger partial charge in [-0.25, -0.2) is 4.79 Å². The molecule has 1 heterocycles. The van der Waals surface area contributed by atoms with E-state index < -0.39 is 17.5 Å². The second-order valence-corrected chi connectivity index (χ2v) is 6.26. The van der Waals surface area contributed by atoms with E-state index in [0.29, 0.717) is 17.1 Å². The zero-order valence-corrected chi connectivity index (χ0v) is 14.3. The van der Waals surface area contributed by atoms with E-state index in [1.54, 1.807) is 19.1 Å². The Labute approximate surface area is 144 Å². The Morgan fingerprint density at radius 3 is 2.65 bits per heavy atom. The molecular formula is C15H17Cl2N3O3. The molecule has 0 radical (unpaired) electrons. The van der Waals surface area contributed by atoms with E-state index in [1.807, 2.05) is 6.92 Å². The maximum absolute atomic E-state index is 12.7. The lowest BCUT2D eigenvalue weighted by Crippen LogP contribution is -2.43. The molecule has 1 aromatic carbocycles. The highest BCUT2D eigenvalue weighted by atomic mass is 35.5. The molecule has 0 saturated carbocycles. The third kappa shape index (κ3) is 3.43. The van der Waals surface area contributed by atoms with Crippen molar-refractivity contribution in [2.45, 2.75) is 25.8 Å². The van der Waals surface area contributed by atoms with E-state index in [9.17, 15) is 14.4 Å². The summed E-state index contributed by atoms with van der Waals surface area (Å²) >= 11 is 12.0. The third-order valence-electron chi connectivity index (χ3n) is 3.62. The minimum absolute atomic E-state index is 0.269. The van der Waals surface area contributed by atoms with Crippen molar-refractivity contribution >= 4 is 41.0 Å². The summed E-state index contributed by atoms with van der Waals surface area (Å²) in [6.45, 7) is 3.62. The van der Waals surface area contributed by atoms with Crippen LogP contribution in [0.3, 0.4) is 0 Å². The predicted molar refractivity (Wildman–Crippen MR) is 87.4 cm³/mol. The lowest BCUT2D eigenvalue weighted by atomic mass is 9.92. The summed E-state index contributed by atoms with van der Waals surface area (Å²) in [5.74, 6) is -0.917. The first-order valence-electron chi connectivity index (χ1n) is 7.16. The fraction of sp³-hybridized carbons (Fsp3) is 0.400. The number of nitrogens with zero attached hydrogens (tertiary/aromatic N) is 1. The number of carbonyl (C=O) groups excluding carboxylic acids is 3. The van der Waals surface area contributed by atoms with Crippen LogP contribution in [-0.4, -0.2) is 35.8 Å². The average Bonchev–Trinajstić information content (AvgIpc) is 2.69. The molecule has 0 aromatic heterocycles. The summed E-state index contributed by atoms with van der Waals surface area (Å²) in [7, 11) is 0. The van der Waals surface area contributed by atoms with Gasteiger partial charge in [0, 0.05) is 22.2 Å². The number of nitrogens with one attached hydrogen (secondary N) is 2. The molecule has 2 rings (SSSR count). The van der Waals surface area contributed by atoms with Crippen LogP contribution in [0.1, 0.15) is 25.8 Å². The van der Waals surface area contributed by atoms with Gasteiger partial charge in [-0.3, -0.25) is 14.5 Å². The third-order valence-corrected chi connectivity index (χ3v) is 4.17. The van der Waals surface area contributed by atoms with Gasteiger partial charge in [0.15, 0.2) is 0 Å². The highest BCUT2D eigenvalue weighted by molar-refractivity contribution is 6.35. The Kier molecular flexibility index (Phi) is 5.16. The van der Waals surface area contributed by atoms with Crippen molar-refractivity contribution in [3.63, 3.8) is 0 Å². The fourth-order valence-electron chi connectivity index (χ4n) is 2.38. The van der Waals surface area contributed by atoms with E-state index in [0.717, 1.165) is 11.3 Å². The molecule has 1 aliphatic heterocycles. The van der Waals surface area contributed by atoms with Crippen molar-refractivity contribution in [3.05, 3.63) is 33.8 Å². The minimum Gasteiger partial charge on any atom is -0.355 e. The summed E-state index contributed by atoms with van der Waals surface area (Å²) in [5.41, 5.74) is -0.901. The average molecular weight is 358 g/mol. The maximum atomic E-state index is 12.7. The number of carbonyl (C=O) groups is 3. The highest BCUT2D eigenvalue weighted by Crippen LogP contribution is 2.34. The molecule has 6 nitrogen and oxygen atoms in total. The van der Waals surface area contributed by atoms with Gasteiger partial charge < -0.3 is 10.6 Å². The van der Waals surface area contributed by atoms with Crippen molar-refractivity contribution in [2.75, 3.05) is 13.1 Å². The second-order valence-electron chi connectivity index (χ2n) is 5.42. The topological polar surface area (TPSA) is 78.5 Å². The van der Waals surface area contributed by atoms with Crippen molar-refractivity contribution in [2.24, 2.45) is 0 Å². The first-order chi connectivity index (χ1) is 10.8. The Balaban J connectivity index is 2.24. The van der Waals surface area contributed by atoms with Crippen LogP contribution in [0, 0.1) is 0 Å². The van der Waals surface area contributed by atoms with Crippen molar-refractivity contribution in [3.8, 4) is 0 Å². The van der Waals surface area contributed by atoms with Gasteiger partial charge in [0.25, 0.3) is 5.91 Å². The maximum Gasteiger partial charge on any atom is 0.325 e. The van der Waals surface area contributed by atoms with Gasteiger partial charge in [0.2, 0.25) is 5.91 Å². The molecule has 1 fully saturated rings. The van der Waals surface area contributed by atoms with Crippen LogP contribution < -0.4 is 10.6 Å². The summed E-state index contributed by atoms with van der Waals surface area (Å²) in [6, 6.07) is 4.04. The number of rotatable bonds is 5. The molecule has 8 heteroatoms. The van der Waals surface area contributed by atoms with Crippen molar-refractivity contribution in [1.29, 1.82) is 0 Å². The summed E-state index contributed by atoms with van der Waals surface area (Å²) < 4.78 is 0. The number of amides is 4. The van der Waals surface area contributed by atoms with Crippen LogP contribution in [0.5, 0.6) is 0 Å². The molecule has 23 heavy (non-hydrogen) atoms. The Bertz CT molecular complexity index is 665. The van der Waals surface area contributed by atoms with Gasteiger partial charge in [0.05, 0.1) is 0 Å².